The molecule has 0 aliphatic rings. The van der Waals surface area contributed by atoms with Gasteiger partial charge >= 0.3 is 0 Å². The first-order chi connectivity index (χ1) is 10.1. The van der Waals surface area contributed by atoms with Crippen LogP contribution >= 0.6 is 11.8 Å². The Morgan fingerprint density at radius 2 is 1.71 bits per heavy atom. The molecule has 0 radical (unpaired) electrons. The van der Waals surface area contributed by atoms with Crippen molar-refractivity contribution in [1.29, 1.82) is 0 Å². The molecule has 0 spiro atoms. The van der Waals surface area contributed by atoms with Crippen LogP contribution in [0.15, 0.2) is 40.5 Å². The molecule has 106 valence electrons. The van der Waals surface area contributed by atoms with Gasteiger partial charge in [-0.05, 0) is 62.4 Å². The normalized spacial score (nSPS) is 11.0. The minimum atomic E-state index is 0.727. The number of rotatable bonds is 2. The molecule has 4 nitrogen and oxygen atoms in total. The van der Waals surface area contributed by atoms with E-state index in [9.17, 15) is 0 Å². The van der Waals surface area contributed by atoms with Crippen LogP contribution in [0, 0.1) is 20.8 Å². The van der Waals surface area contributed by atoms with Gasteiger partial charge in [-0.1, -0.05) is 0 Å². The van der Waals surface area contributed by atoms with E-state index in [1.54, 1.807) is 6.20 Å². The van der Waals surface area contributed by atoms with E-state index >= 15 is 0 Å². The summed E-state index contributed by atoms with van der Waals surface area (Å²) in [6.07, 6.45) is 1.77. The zero-order valence-electron chi connectivity index (χ0n) is 12.2. The number of aromatic nitrogens is 3. The molecule has 3 aromatic rings. The Balaban J connectivity index is 2.04. The van der Waals surface area contributed by atoms with Crippen molar-refractivity contribution in [2.75, 3.05) is 5.73 Å². The van der Waals surface area contributed by atoms with E-state index in [1.807, 2.05) is 45.0 Å². The van der Waals surface area contributed by atoms with Gasteiger partial charge in [0, 0.05) is 27.9 Å². The number of benzene rings is 1. The van der Waals surface area contributed by atoms with Crippen LogP contribution in [0.5, 0.6) is 0 Å². The molecule has 0 saturated carbocycles. The van der Waals surface area contributed by atoms with E-state index in [4.69, 9.17) is 5.73 Å². The highest BCUT2D eigenvalue weighted by Gasteiger charge is 2.10. The van der Waals surface area contributed by atoms with Crippen LogP contribution in [-0.2, 0) is 0 Å². The summed E-state index contributed by atoms with van der Waals surface area (Å²) in [6.45, 7) is 6.04. The molecule has 0 amide bonds. The molecule has 0 aliphatic heterocycles. The fourth-order valence-corrected chi connectivity index (χ4v) is 3.05. The molecule has 0 atom stereocenters. The maximum atomic E-state index is 6.26. The summed E-state index contributed by atoms with van der Waals surface area (Å²) in [5, 5.41) is 1.69. The molecule has 2 N–H and O–H groups in total. The van der Waals surface area contributed by atoms with Gasteiger partial charge in [0.05, 0.1) is 11.2 Å². The molecule has 0 fully saturated rings. The van der Waals surface area contributed by atoms with Gasteiger partial charge in [0.25, 0.3) is 0 Å². The maximum absolute atomic E-state index is 6.26. The van der Waals surface area contributed by atoms with Crippen LogP contribution in [0.3, 0.4) is 0 Å². The minimum absolute atomic E-state index is 0.727. The van der Waals surface area contributed by atoms with Gasteiger partial charge in [-0.25, -0.2) is 9.97 Å². The van der Waals surface area contributed by atoms with E-state index in [0.29, 0.717) is 0 Å². The Labute approximate surface area is 127 Å². The van der Waals surface area contributed by atoms with Gasteiger partial charge in [-0.3, -0.25) is 4.98 Å². The second kappa shape index (κ2) is 5.33. The lowest BCUT2D eigenvalue weighted by molar-refractivity contribution is 0.881. The summed E-state index contributed by atoms with van der Waals surface area (Å²) in [7, 11) is 0. The number of fused-ring (bicyclic) bond motifs is 1. The zero-order chi connectivity index (χ0) is 15.0. The van der Waals surface area contributed by atoms with Crippen molar-refractivity contribution in [3.05, 3.63) is 47.4 Å². The summed E-state index contributed by atoms with van der Waals surface area (Å²) < 4.78 is 0. The second-order valence-electron chi connectivity index (χ2n) is 4.95. The molecule has 2 heterocycles. The summed E-state index contributed by atoms with van der Waals surface area (Å²) in [5.41, 5.74) is 11.0. The van der Waals surface area contributed by atoms with Crippen LogP contribution in [0.4, 0.5) is 5.69 Å². The monoisotopic (exact) mass is 296 g/mol. The number of pyridine rings is 1. The Morgan fingerprint density at radius 1 is 1.00 bits per heavy atom. The average molecular weight is 296 g/mol. The van der Waals surface area contributed by atoms with Crippen LogP contribution in [0.2, 0.25) is 0 Å². The number of hydrogen-bond donors (Lipinski definition) is 1. The lowest BCUT2D eigenvalue weighted by atomic mass is 10.2. The standard InChI is InChI=1S/C16H16N4S/c1-9-10(2)19-16(20-11(9)3)21-14-7-6-13-12(15(14)17)5-4-8-18-13/h4-8H,17H2,1-3H3. The number of nitrogen functional groups attached to an aromatic ring is 1. The molecule has 2 aromatic heterocycles. The van der Waals surface area contributed by atoms with E-state index in [0.717, 1.165) is 43.6 Å². The SMILES string of the molecule is Cc1nc(Sc2ccc3ncccc3c2N)nc(C)c1C. The number of hydrogen-bond acceptors (Lipinski definition) is 5. The van der Waals surface area contributed by atoms with Crippen molar-refractivity contribution >= 4 is 28.4 Å². The quantitative estimate of drug-likeness (QED) is 0.577. The third-order valence-electron chi connectivity index (χ3n) is 3.60. The van der Waals surface area contributed by atoms with Crippen LogP contribution in [0.25, 0.3) is 10.9 Å². The van der Waals surface area contributed by atoms with Crippen molar-refractivity contribution in [1.82, 2.24) is 15.0 Å². The average Bonchev–Trinajstić information content (AvgIpc) is 2.48. The third kappa shape index (κ3) is 2.56. The fraction of sp³-hybridized carbons (Fsp3) is 0.188. The van der Waals surface area contributed by atoms with Gasteiger partial charge in [0.15, 0.2) is 5.16 Å². The van der Waals surface area contributed by atoms with Crippen molar-refractivity contribution in [3.63, 3.8) is 0 Å². The number of anilines is 1. The summed E-state index contributed by atoms with van der Waals surface area (Å²) in [4.78, 5) is 14.3. The van der Waals surface area contributed by atoms with Gasteiger partial charge in [0.2, 0.25) is 0 Å². The van der Waals surface area contributed by atoms with Gasteiger partial charge < -0.3 is 5.73 Å². The topological polar surface area (TPSA) is 64.7 Å². The van der Waals surface area contributed by atoms with Crippen molar-refractivity contribution in [2.45, 2.75) is 30.8 Å². The summed E-state index contributed by atoms with van der Waals surface area (Å²) >= 11 is 1.49. The lowest BCUT2D eigenvalue weighted by Gasteiger charge is -2.09. The molecular formula is C16H16N4S. The Hall–Kier alpha value is -2.14. The number of aryl methyl sites for hydroxylation is 2. The predicted octanol–water partition coefficient (Wildman–Crippen LogP) is 3.68. The maximum Gasteiger partial charge on any atom is 0.192 e. The fourth-order valence-electron chi connectivity index (χ4n) is 2.13. The van der Waals surface area contributed by atoms with E-state index < -0.39 is 0 Å². The van der Waals surface area contributed by atoms with Crippen molar-refractivity contribution in [2.24, 2.45) is 0 Å². The van der Waals surface area contributed by atoms with Crippen molar-refractivity contribution < 1.29 is 0 Å². The molecule has 0 unspecified atom stereocenters. The molecule has 5 heteroatoms. The second-order valence-corrected chi connectivity index (χ2v) is 5.96. The molecule has 3 rings (SSSR count). The van der Waals surface area contributed by atoms with E-state index in [1.165, 1.54) is 11.8 Å². The highest BCUT2D eigenvalue weighted by Crippen LogP contribution is 2.34. The molecule has 21 heavy (non-hydrogen) atoms. The summed E-state index contributed by atoms with van der Waals surface area (Å²) in [6, 6.07) is 7.82. The van der Waals surface area contributed by atoms with E-state index in [2.05, 4.69) is 15.0 Å². The minimum Gasteiger partial charge on any atom is -0.397 e. The van der Waals surface area contributed by atoms with Gasteiger partial charge in [-0.2, -0.15) is 0 Å². The van der Waals surface area contributed by atoms with Crippen LogP contribution in [-0.4, -0.2) is 15.0 Å². The molecule has 1 aromatic carbocycles. The van der Waals surface area contributed by atoms with E-state index in [-0.39, 0.29) is 0 Å². The molecular weight excluding hydrogens is 280 g/mol. The third-order valence-corrected chi connectivity index (χ3v) is 4.54. The molecule has 0 aliphatic carbocycles. The van der Waals surface area contributed by atoms with Crippen molar-refractivity contribution in [3.8, 4) is 0 Å². The predicted molar refractivity (Wildman–Crippen MR) is 86.5 cm³/mol. The largest absolute Gasteiger partial charge is 0.397 e. The Morgan fingerprint density at radius 3 is 2.43 bits per heavy atom. The van der Waals surface area contributed by atoms with Gasteiger partial charge in [-0.15, -0.1) is 0 Å². The van der Waals surface area contributed by atoms with Crippen LogP contribution < -0.4 is 5.73 Å². The first-order valence-electron chi connectivity index (χ1n) is 6.69. The Bertz CT molecular complexity index is 807. The summed E-state index contributed by atoms with van der Waals surface area (Å²) in [5.74, 6) is 0. The first kappa shape index (κ1) is 13.8. The highest BCUT2D eigenvalue weighted by atomic mass is 32.2. The highest BCUT2D eigenvalue weighted by molar-refractivity contribution is 7.99. The molecule has 0 saturated heterocycles. The van der Waals surface area contributed by atoms with Gasteiger partial charge in [0.1, 0.15) is 0 Å². The lowest BCUT2D eigenvalue weighted by Crippen LogP contribution is -1.99. The number of nitrogens with zero attached hydrogens (tertiary/aromatic N) is 3. The smallest absolute Gasteiger partial charge is 0.192 e. The number of nitrogens with two attached hydrogens (primary N) is 1. The zero-order valence-corrected chi connectivity index (χ0v) is 13.0. The Kier molecular flexibility index (Phi) is 3.51. The van der Waals surface area contributed by atoms with Crippen LogP contribution in [0.1, 0.15) is 17.0 Å². The molecule has 0 bridgehead atoms. The first-order valence-corrected chi connectivity index (χ1v) is 7.51.